The molecule has 3 nitrogen and oxygen atoms in total. The zero-order valence-electron chi connectivity index (χ0n) is 14.3. The maximum atomic E-state index is 7.52. The Bertz CT molecular complexity index is 1150. The molecule has 0 radical (unpaired) electrons. The van der Waals surface area contributed by atoms with Crippen molar-refractivity contribution >= 4 is 43.4 Å². The summed E-state index contributed by atoms with van der Waals surface area (Å²) >= 11 is 1.70. The van der Waals surface area contributed by atoms with Gasteiger partial charge in [-0.05, 0) is 19.1 Å². The molecule has 26 heavy (non-hydrogen) atoms. The second kappa shape index (κ2) is 7.02. The number of fused-ring (bicyclic) bond motifs is 3. The van der Waals surface area contributed by atoms with Crippen molar-refractivity contribution in [1.82, 2.24) is 9.97 Å². The molecule has 1 N–H and O–H groups in total. The highest BCUT2D eigenvalue weighted by atomic mass is 32.1. The molecule has 2 heterocycles. The number of benzene rings is 2. The van der Waals surface area contributed by atoms with Gasteiger partial charge in [-0.3, -0.25) is 0 Å². The first-order valence-corrected chi connectivity index (χ1v) is 9.22. The maximum absolute atomic E-state index is 7.52. The lowest BCUT2D eigenvalue weighted by Gasteiger charge is -2.07. The van der Waals surface area contributed by atoms with Gasteiger partial charge in [0.15, 0.2) is 5.82 Å². The van der Waals surface area contributed by atoms with Crippen molar-refractivity contribution in [3.8, 4) is 11.4 Å². The number of thiophene rings is 1. The molecule has 0 saturated heterocycles. The first-order chi connectivity index (χ1) is 12.8. The third kappa shape index (κ3) is 2.85. The Morgan fingerprint density at radius 2 is 1.77 bits per heavy atom. The Balaban J connectivity index is 2.11. The van der Waals surface area contributed by atoms with Crippen LogP contribution in [0.15, 0.2) is 72.8 Å². The van der Waals surface area contributed by atoms with Crippen LogP contribution in [0.3, 0.4) is 0 Å². The molecule has 0 aliphatic heterocycles. The molecule has 0 atom stereocenters. The minimum atomic E-state index is 0.706. The fourth-order valence-electron chi connectivity index (χ4n) is 2.99. The molecule has 0 unspecified atom stereocenters. The summed E-state index contributed by atoms with van der Waals surface area (Å²) < 4.78 is 2.25. The summed E-state index contributed by atoms with van der Waals surface area (Å²) in [5.74, 6) is 0.706. The van der Waals surface area contributed by atoms with E-state index >= 15 is 0 Å². The predicted molar refractivity (Wildman–Crippen MR) is 112 cm³/mol. The molecule has 2 aromatic heterocycles. The van der Waals surface area contributed by atoms with Gasteiger partial charge in [0.05, 0.1) is 15.9 Å². The lowest BCUT2D eigenvalue weighted by molar-refractivity contribution is 1.21. The largest absolute Gasteiger partial charge is 0.309 e. The highest BCUT2D eigenvalue weighted by Gasteiger charge is 2.16. The number of hydrogen-bond acceptors (Lipinski definition) is 4. The minimum absolute atomic E-state index is 0.706. The number of hydrogen-bond donors (Lipinski definition) is 1. The van der Waals surface area contributed by atoms with E-state index in [1.165, 1.54) is 10.9 Å². The maximum Gasteiger partial charge on any atom is 0.160 e. The Labute approximate surface area is 155 Å². The van der Waals surface area contributed by atoms with Crippen LogP contribution in [0.5, 0.6) is 0 Å². The fourth-order valence-corrected chi connectivity index (χ4v) is 4.14. The van der Waals surface area contributed by atoms with Crippen molar-refractivity contribution in [2.75, 3.05) is 0 Å². The number of nitrogens with one attached hydrogen (secondary N) is 1. The molecule has 4 heteroatoms. The zero-order chi connectivity index (χ0) is 17.9. The lowest BCUT2D eigenvalue weighted by Crippen LogP contribution is -1.96. The van der Waals surface area contributed by atoms with E-state index < -0.39 is 0 Å². The quantitative estimate of drug-likeness (QED) is 0.354. The van der Waals surface area contributed by atoms with Crippen LogP contribution in [0.4, 0.5) is 0 Å². The molecule has 0 saturated carbocycles. The van der Waals surface area contributed by atoms with E-state index in [0.717, 1.165) is 32.4 Å². The van der Waals surface area contributed by atoms with E-state index in [0.29, 0.717) is 5.82 Å². The number of rotatable bonds is 4. The topological polar surface area (TPSA) is 49.6 Å². The Morgan fingerprint density at radius 3 is 2.54 bits per heavy atom. The summed E-state index contributed by atoms with van der Waals surface area (Å²) in [5.41, 5.74) is 3.74. The van der Waals surface area contributed by atoms with Crippen LogP contribution < -0.4 is 0 Å². The third-order valence-corrected chi connectivity index (χ3v) is 5.30. The molecule has 126 valence electrons. The highest BCUT2D eigenvalue weighted by molar-refractivity contribution is 7.26. The van der Waals surface area contributed by atoms with Crippen molar-refractivity contribution in [3.63, 3.8) is 0 Å². The molecule has 0 fully saturated rings. The van der Waals surface area contributed by atoms with E-state index in [-0.39, 0.29) is 0 Å². The molecule has 4 aromatic rings. The molecule has 4 rings (SSSR count). The average Bonchev–Trinajstić information content (AvgIpc) is 3.06. The molecule has 0 aliphatic rings. The van der Waals surface area contributed by atoms with E-state index in [1.54, 1.807) is 17.4 Å². The van der Waals surface area contributed by atoms with Crippen molar-refractivity contribution in [3.05, 3.63) is 78.5 Å². The van der Waals surface area contributed by atoms with Crippen molar-refractivity contribution in [2.24, 2.45) is 0 Å². The lowest BCUT2D eigenvalue weighted by atomic mass is 10.1. The van der Waals surface area contributed by atoms with Gasteiger partial charge in [0.2, 0.25) is 0 Å². The summed E-state index contributed by atoms with van der Waals surface area (Å²) in [4.78, 5) is 9.77. The zero-order valence-corrected chi connectivity index (χ0v) is 15.1. The summed E-state index contributed by atoms with van der Waals surface area (Å²) in [5, 5.41) is 8.66. The molecule has 0 bridgehead atoms. The van der Waals surface area contributed by atoms with Crippen LogP contribution >= 0.6 is 11.3 Å². The fraction of sp³-hybridized carbons (Fsp3) is 0.0455. The van der Waals surface area contributed by atoms with Crippen LogP contribution in [0, 0.1) is 5.41 Å². The van der Waals surface area contributed by atoms with Crippen molar-refractivity contribution in [2.45, 2.75) is 6.92 Å². The molecular weight excluding hydrogens is 338 g/mol. The Morgan fingerprint density at radius 1 is 1.00 bits per heavy atom. The highest BCUT2D eigenvalue weighted by Crippen LogP contribution is 2.37. The van der Waals surface area contributed by atoms with Gasteiger partial charge in [-0.2, -0.15) is 0 Å². The Hall–Kier alpha value is -3.11. The van der Waals surface area contributed by atoms with Gasteiger partial charge in [0.1, 0.15) is 0 Å². The first-order valence-electron chi connectivity index (χ1n) is 8.40. The van der Waals surface area contributed by atoms with E-state index in [4.69, 9.17) is 15.4 Å². The molecule has 2 aromatic carbocycles. The summed E-state index contributed by atoms with van der Waals surface area (Å²) in [7, 11) is 0. The normalized spacial score (nSPS) is 12.3. The van der Waals surface area contributed by atoms with Gasteiger partial charge < -0.3 is 5.41 Å². The standard InChI is InChI=1S/C22H17N3S/c1-2-8-15(13-14-23)19-21-20(17-11-6-7-12-18(17)26-21)25-22(24-19)16-9-4-3-5-10-16/h2-14,23H,1H3/b8-2-,15-13+,23-14?. The SMILES string of the molecule is C/C=C\C(=C/C=N)c1nc(-c2ccccc2)nc2c1sc1ccccc12. The molecule has 0 spiro atoms. The van der Waals surface area contributed by atoms with Crippen molar-refractivity contribution in [1.29, 1.82) is 5.41 Å². The molecular formula is C22H17N3S. The number of allylic oxidation sites excluding steroid dienone is 4. The number of aromatic nitrogens is 2. The van der Waals surface area contributed by atoms with Crippen LogP contribution in [-0.4, -0.2) is 16.2 Å². The van der Waals surface area contributed by atoms with Gasteiger partial charge in [-0.1, -0.05) is 60.7 Å². The second-order valence-electron chi connectivity index (χ2n) is 5.83. The van der Waals surface area contributed by atoms with Gasteiger partial charge in [0.25, 0.3) is 0 Å². The van der Waals surface area contributed by atoms with Gasteiger partial charge in [-0.25, -0.2) is 9.97 Å². The monoisotopic (exact) mass is 355 g/mol. The smallest absolute Gasteiger partial charge is 0.160 e. The molecule has 0 amide bonds. The van der Waals surface area contributed by atoms with Crippen LogP contribution in [-0.2, 0) is 0 Å². The van der Waals surface area contributed by atoms with E-state index in [1.807, 2.05) is 61.5 Å². The van der Waals surface area contributed by atoms with Crippen LogP contribution in [0.2, 0.25) is 0 Å². The van der Waals surface area contributed by atoms with Gasteiger partial charge in [0, 0.05) is 27.4 Å². The third-order valence-electron chi connectivity index (χ3n) is 4.13. The predicted octanol–water partition coefficient (Wildman–Crippen LogP) is 6.12. The Kier molecular flexibility index (Phi) is 4.42. The minimum Gasteiger partial charge on any atom is -0.309 e. The van der Waals surface area contributed by atoms with Gasteiger partial charge in [-0.15, -0.1) is 11.3 Å². The molecule has 0 aliphatic carbocycles. The van der Waals surface area contributed by atoms with Crippen molar-refractivity contribution < 1.29 is 0 Å². The second-order valence-corrected chi connectivity index (χ2v) is 6.88. The summed E-state index contributed by atoms with van der Waals surface area (Å²) in [6.07, 6.45) is 7.05. The van der Waals surface area contributed by atoms with E-state index in [9.17, 15) is 0 Å². The van der Waals surface area contributed by atoms with Crippen LogP contribution in [0.1, 0.15) is 12.6 Å². The average molecular weight is 355 g/mol. The van der Waals surface area contributed by atoms with E-state index in [2.05, 4.69) is 12.1 Å². The first kappa shape index (κ1) is 16.4. The summed E-state index contributed by atoms with van der Waals surface area (Å²) in [6.45, 7) is 1.97. The summed E-state index contributed by atoms with van der Waals surface area (Å²) in [6, 6.07) is 18.3. The van der Waals surface area contributed by atoms with Gasteiger partial charge >= 0.3 is 0 Å². The number of nitrogens with zero attached hydrogens (tertiary/aromatic N) is 2. The van der Waals surface area contributed by atoms with Crippen LogP contribution in [0.25, 0.3) is 37.3 Å².